The van der Waals surface area contributed by atoms with E-state index in [4.69, 9.17) is 0 Å². The van der Waals surface area contributed by atoms with Gasteiger partial charge >= 0.3 is 0 Å². The molecule has 0 atom stereocenters. The van der Waals surface area contributed by atoms with Crippen LogP contribution in [-0.4, -0.2) is 0 Å². The fraction of sp³-hybridized carbons (Fsp3) is 1.00. The Labute approximate surface area is 92.5 Å². The topological polar surface area (TPSA) is 0 Å². The third kappa shape index (κ3) is 10.1. The molecule has 0 amide bonds. The third-order valence-electron chi connectivity index (χ3n) is 2.49. The second-order valence-corrected chi connectivity index (χ2v) is 5.26. The van der Waals surface area contributed by atoms with E-state index in [0.717, 1.165) is 23.7 Å². The Morgan fingerprint density at radius 2 is 0.929 bits per heavy atom. The molecule has 0 aliphatic rings. The van der Waals surface area contributed by atoms with Crippen LogP contribution in [-0.2, 0) is 0 Å². The van der Waals surface area contributed by atoms with Crippen molar-refractivity contribution in [3.8, 4) is 0 Å². The van der Waals surface area contributed by atoms with Gasteiger partial charge in [-0.25, -0.2) is 0 Å². The highest BCUT2D eigenvalue weighted by atomic mass is 14.2. The van der Waals surface area contributed by atoms with E-state index in [1.54, 1.807) is 0 Å². The summed E-state index contributed by atoms with van der Waals surface area (Å²) in [6, 6.07) is 0. The van der Waals surface area contributed by atoms with E-state index in [2.05, 4.69) is 41.5 Å². The van der Waals surface area contributed by atoms with E-state index in [9.17, 15) is 0 Å². The third-order valence-corrected chi connectivity index (χ3v) is 2.49. The lowest BCUT2D eigenvalue weighted by Crippen LogP contribution is -2.14. The van der Waals surface area contributed by atoms with Crippen LogP contribution in [0.2, 0.25) is 0 Å². The first-order valence-electron chi connectivity index (χ1n) is 6.43. The SMILES string of the molecule is CC.CC(C)CC(CC(C)C)C(C)C. The van der Waals surface area contributed by atoms with Crippen LogP contribution in [0.25, 0.3) is 0 Å². The van der Waals surface area contributed by atoms with Crippen molar-refractivity contribution in [1.29, 1.82) is 0 Å². The van der Waals surface area contributed by atoms with Crippen LogP contribution >= 0.6 is 0 Å². The van der Waals surface area contributed by atoms with Gasteiger partial charge in [0.15, 0.2) is 0 Å². The summed E-state index contributed by atoms with van der Waals surface area (Å²) in [5, 5.41) is 0. The van der Waals surface area contributed by atoms with Crippen LogP contribution in [0.5, 0.6) is 0 Å². The first-order chi connectivity index (χ1) is 6.43. The normalized spacial score (nSPS) is 11.1. The highest BCUT2D eigenvalue weighted by Crippen LogP contribution is 2.26. The van der Waals surface area contributed by atoms with E-state index in [-0.39, 0.29) is 0 Å². The lowest BCUT2D eigenvalue weighted by molar-refractivity contribution is 0.268. The van der Waals surface area contributed by atoms with Gasteiger partial charge in [0.1, 0.15) is 0 Å². The molecule has 0 saturated heterocycles. The molecule has 14 heavy (non-hydrogen) atoms. The first kappa shape index (κ1) is 16.4. The highest BCUT2D eigenvalue weighted by Gasteiger charge is 2.15. The minimum absolute atomic E-state index is 0.856. The maximum absolute atomic E-state index is 2.36. The van der Waals surface area contributed by atoms with E-state index in [1.807, 2.05) is 13.8 Å². The lowest BCUT2D eigenvalue weighted by atomic mass is 9.82. The van der Waals surface area contributed by atoms with Gasteiger partial charge in [0.2, 0.25) is 0 Å². The molecule has 0 N–H and O–H groups in total. The fourth-order valence-corrected chi connectivity index (χ4v) is 1.85. The summed E-state index contributed by atoms with van der Waals surface area (Å²) >= 11 is 0. The number of hydrogen-bond donors (Lipinski definition) is 0. The molecule has 0 heteroatoms. The maximum atomic E-state index is 2.36. The fourth-order valence-electron chi connectivity index (χ4n) is 1.85. The molecule has 0 radical (unpaired) electrons. The molecule has 0 nitrogen and oxygen atoms in total. The lowest BCUT2D eigenvalue weighted by Gasteiger charge is -2.24. The average Bonchev–Trinajstić information content (AvgIpc) is 2.05. The molecule has 0 aliphatic heterocycles. The largest absolute Gasteiger partial charge is 0.0683 e. The molecule has 0 fully saturated rings. The molecule has 0 aromatic rings. The summed E-state index contributed by atoms with van der Waals surface area (Å²) in [5.74, 6) is 3.51. The predicted molar refractivity (Wildman–Crippen MR) is 68.6 cm³/mol. The summed E-state index contributed by atoms with van der Waals surface area (Å²) in [7, 11) is 0. The minimum atomic E-state index is 0.856. The number of rotatable bonds is 5. The van der Waals surface area contributed by atoms with Gasteiger partial charge in [0.25, 0.3) is 0 Å². The van der Waals surface area contributed by atoms with Crippen molar-refractivity contribution in [2.24, 2.45) is 23.7 Å². The standard InChI is InChI=1S/C12H26.C2H6/c1-9(2)7-12(11(5)6)8-10(3)4;1-2/h9-12H,7-8H2,1-6H3;1-2H3. The molecule has 0 heterocycles. The molecule has 0 bridgehead atoms. The Morgan fingerprint density at radius 1 is 0.643 bits per heavy atom. The van der Waals surface area contributed by atoms with Gasteiger partial charge in [-0.3, -0.25) is 0 Å². The van der Waals surface area contributed by atoms with Crippen molar-refractivity contribution in [2.45, 2.75) is 68.2 Å². The molecule has 0 unspecified atom stereocenters. The Morgan fingerprint density at radius 3 is 1.07 bits per heavy atom. The van der Waals surface area contributed by atoms with Gasteiger partial charge in [-0.05, 0) is 36.5 Å². The molecule has 0 aromatic carbocycles. The van der Waals surface area contributed by atoms with Crippen LogP contribution < -0.4 is 0 Å². The molecular formula is C14H32. The summed E-state index contributed by atoms with van der Waals surface area (Å²) in [6.45, 7) is 18.0. The predicted octanol–water partition coefficient (Wildman–Crippen LogP) is 5.38. The van der Waals surface area contributed by atoms with Gasteiger partial charge in [-0.2, -0.15) is 0 Å². The first-order valence-corrected chi connectivity index (χ1v) is 6.43. The van der Waals surface area contributed by atoms with Crippen LogP contribution in [0.15, 0.2) is 0 Å². The molecule has 0 aliphatic carbocycles. The molecule has 0 rings (SSSR count). The van der Waals surface area contributed by atoms with Crippen molar-refractivity contribution >= 4 is 0 Å². The molecule has 0 aromatic heterocycles. The number of hydrogen-bond acceptors (Lipinski definition) is 0. The molecule has 88 valence electrons. The van der Waals surface area contributed by atoms with Gasteiger partial charge in [-0.1, -0.05) is 55.4 Å². The van der Waals surface area contributed by atoms with Crippen molar-refractivity contribution in [3.05, 3.63) is 0 Å². The van der Waals surface area contributed by atoms with Crippen molar-refractivity contribution in [1.82, 2.24) is 0 Å². The van der Waals surface area contributed by atoms with E-state index >= 15 is 0 Å². The van der Waals surface area contributed by atoms with E-state index < -0.39 is 0 Å². The van der Waals surface area contributed by atoms with Gasteiger partial charge < -0.3 is 0 Å². The Kier molecular flexibility index (Phi) is 11.2. The van der Waals surface area contributed by atoms with E-state index in [1.165, 1.54) is 12.8 Å². The zero-order valence-corrected chi connectivity index (χ0v) is 11.7. The van der Waals surface area contributed by atoms with Crippen LogP contribution in [0.3, 0.4) is 0 Å². The highest BCUT2D eigenvalue weighted by molar-refractivity contribution is 4.66. The Hall–Kier alpha value is 0. The minimum Gasteiger partial charge on any atom is -0.0683 e. The van der Waals surface area contributed by atoms with Crippen LogP contribution in [0.1, 0.15) is 68.2 Å². The zero-order valence-electron chi connectivity index (χ0n) is 11.7. The summed E-state index contributed by atoms with van der Waals surface area (Å²) in [5.41, 5.74) is 0. The van der Waals surface area contributed by atoms with Crippen molar-refractivity contribution in [3.63, 3.8) is 0 Å². The summed E-state index contributed by atoms with van der Waals surface area (Å²) < 4.78 is 0. The zero-order chi connectivity index (χ0) is 11.7. The summed E-state index contributed by atoms with van der Waals surface area (Å²) in [4.78, 5) is 0. The van der Waals surface area contributed by atoms with Gasteiger partial charge in [0, 0.05) is 0 Å². The molecule has 0 spiro atoms. The van der Waals surface area contributed by atoms with Gasteiger partial charge in [0.05, 0.1) is 0 Å². The average molecular weight is 200 g/mol. The molecule has 0 saturated carbocycles. The quantitative estimate of drug-likeness (QED) is 0.559. The second kappa shape index (κ2) is 9.55. The van der Waals surface area contributed by atoms with Gasteiger partial charge in [-0.15, -0.1) is 0 Å². The van der Waals surface area contributed by atoms with Crippen LogP contribution in [0.4, 0.5) is 0 Å². The molecular weight excluding hydrogens is 168 g/mol. The van der Waals surface area contributed by atoms with E-state index in [0.29, 0.717) is 0 Å². The van der Waals surface area contributed by atoms with Crippen LogP contribution in [0, 0.1) is 23.7 Å². The van der Waals surface area contributed by atoms with Crippen molar-refractivity contribution in [2.75, 3.05) is 0 Å². The summed E-state index contributed by atoms with van der Waals surface area (Å²) in [6.07, 6.45) is 2.80. The monoisotopic (exact) mass is 200 g/mol. The Bertz CT molecular complexity index is 90.6. The second-order valence-electron chi connectivity index (χ2n) is 5.26. The smallest absolute Gasteiger partial charge is 0.0386 e. The van der Waals surface area contributed by atoms with Crippen molar-refractivity contribution < 1.29 is 0 Å². The Balaban J connectivity index is 0. The maximum Gasteiger partial charge on any atom is -0.0386 e.